The van der Waals surface area contributed by atoms with Crippen LogP contribution in [0.2, 0.25) is 0 Å². The fraction of sp³-hybridized carbons (Fsp3) is 0.500. The Balaban J connectivity index is 1.20. The highest BCUT2D eigenvalue weighted by atomic mass is 35.5. The van der Waals surface area contributed by atoms with Crippen molar-refractivity contribution < 1.29 is 13.9 Å². The van der Waals surface area contributed by atoms with Gasteiger partial charge in [0, 0.05) is 41.0 Å². The highest BCUT2D eigenvalue weighted by Crippen LogP contribution is 2.69. The quantitative estimate of drug-likeness (QED) is 0.425. The van der Waals surface area contributed by atoms with E-state index in [1.807, 2.05) is 24.4 Å². The molecule has 0 spiro atoms. The molecular weight excluding hydrogens is 513 g/mol. The minimum absolute atomic E-state index is 0.0360. The molecule has 204 valence electrons. The molecule has 5 atom stereocenters. The van der Waals surface area contributed by atoms with Crippen molar-refractivity contribution in [2.24, 2.45) is 17.3 Å². The summed E-state index contributed by atoms with van der Waals surface area (Å²) in [7, 11) is 0. The van der Waals surface area contributed by atoms with Crippen LogP contribution in [0, 0.1) is 23.1 Å². The standard InChI is InChI=1S/C32H35ClFN3O2/c1-18-7-8-19-16-32(19,2)29(28-24-17-35-37(30(24)28)21-11-13-39-14-12-21)27(18)31(38)36-20-9-10-23(26(34)15-20)22-5-3-4-6-25(22)33/h3-4,6,9-10,15,17-19,21-22,28H,5,7-8,11-14,16H2,1-2H3,(H,36,38). The maximum Gasteiger partial charge on any atom is 0.251 e. The lowest BCUT2D eigenvalue weighted by Crippen LogP contribution is -2.24. The monoisotopic (exact) mass is 547 g/mol. The van der Waals surface area contributed by atoms with Crippen molar-refractivity contribution in [3.63, 3.8) is 0 Å². The number of allylic oxidation sites excluding steroid dienone is 5. The fourth-order valence-electron chi connectivity index (χ4n) is 7.50. The molecule has 1 aliphatic heterocycles. The van der Waals surface area contributed by atoms with Crippen molar-refractivity contribution in [2.75, 3.05) is 18.5 Å². The lowest BCUT2D eigenvalue weighted by molar-refractivity contribution is -0.113. The summed E-state index contributed by atoms with van der Waals surface area (Å²) in [5.41, 5.74) is 5.80. The van der Waals surface area contributed by atoms with E-state index in [2.05, 4.69) is 23.8 Å². The number of rotatable bonds is 5. The molecular formula is C32H35ClFN3O2. The fourth-order valence-corrected chi connectivity index (χ4v) is 7.78. The van der Waals surface area contributed by atoms with Gasteiger partial charge < -0.3 is 10.1 Å². The summed E-state index contributed by atoms with van der Waals surface area (Å²) >= 11 is 6.37. The van der Waals surface area contributed by atoms with Gasteiger partial charge in [0.15, 0.2) is 0 Å². The SMILES string of the molecule is CC1CCC2CC2(C)C(C2c3cnn(C4CCOCC4)c32)=C1C(=O)Nc1ccc(C2CC=CC=C2Cl)c(F)c1. The Kier molecular flexibility index (Phi) is 6.12. The number of carbonyl (C=O) groups is 1. The van der Waals surface area contributed by atoms with Crippen LogP contribution in [0.1, 0.15) is 87.1 Å². The van der Waals surface area contributed by atoms with Gasteiger partial charge in [-0.3, -0.25) is 9.48 Å². The van der Waals surface area contributed by atoms with Crippen LogP contribution in [0.3, 0.4) is 0 Å². The molecule has 5 unspecified atom stereocenters. The first-order valence-electron chi connectivity index (χ1n) is 14.4. The van der Waals surface area contributed by atoms with Gasteiger partial charge in [-0.25, -0.2) is 4.39 Å². The molecule has 4 aliphatic carbocycles. The number of hydrogen-bond donors (Lipinski definition) is 1. The largest absolute Gasteiger partial charge is 0.381 e. The molecule has 1 saturated carbocycles. The topological polar surface area (TPSA) is 56.2 Å². The summed E-state index contributed by atoms with van der Waals surface area (Å²) in [6.07, 6.45) is 13.6. The summed E-state index contributed by atoms with van der Waals surface area (Å²) in [5.74, 6) is 0.306. The van der Waals surface area contributed by atoms with E-state index in [1.54, 1.807) is 12.1 Å². The lowest BCUT2D eigenvalue weighted by Gasteiger charge is -2.26. The number of nitrogens with one attached hydrogen (secondary N) is 1. The van der Waals surface area contributed by atoms with Gasteiger partial charge in [-0.05, 0) is 85.1 Å². The molecule has 7 rings (SSSR count). The minimum Gasteiger partial charge on any atom is -0.381 e. The number of nitrogens with zero attached hydrogens (tertiary/aromatic N) is 2. The van der Waals surface area contributed by atoms with Crippen LogP contribution in [-0.4, -0.2) is 28.9 Å². The number of halogens is 2. The first-order chi connectivity index (χ1) is 18.9. The second-order valence-corrected chi connectivity index (χ2v) is 12.7. The zero-order chi connectivity index (χ0) is 26.9. The van der Waals surface area contributed by atoms with Crippen LogP contribution in [0.4, 0.5) is 10.1 Å². The molecule has 2 aromatic rings. The van der Waals surface area contributed by atoms with Gasteiger partial charge in [0.2, 0.25) is 0 Å². The summed E-state index contributed by atoms with van der Waals surface area (Å²) in [4.78, 5) is 14.0. The van der Waals surface area contributed by atoms with Gasteiger partial charge in [0.1, 0.15) is 5.82 Å². The molecule has 39 heavy (non-hydrogen) atoms. The maximum atomic E-state index is 15.3. The summed E-state index contributed by atoms with van der Waals surface area (Å²) in [5, 5.41) is 8.45. The van der Waals surface area contributed by atoms with Gasteiger partial charge in [0.05, 0.1) is 23.9 Å². The molecule has 1 N–H and O–H groups in total. The van der Waals surface area contributed by atoms with Gasteiger partial charge in [-0.1, -0.05) is 43.7 Å². The number of amides is 1. The molecule has 1 saturated heterocycles. The molecule has 1 aromatic carbocycles. The summed E-state index contributed by atoms with van der Waals surface area (Å²) in [6.45, 7) is 6.06. The van der Waals surface area contributed by atoms with Gasteiger partial charge in [-0.15, -0.1) is 0 Å². The number of anilines is 1. The summed E-state index contributed by atoms with van der Waals surface area (Å²) in [6, 6.07) is 5.36. The Morgan fingerprint density at radius 2 is 2.03 bits per heavy atom. The third-order valence-corrected chi connectivity index (χ3v) is 10.3. The normalized spacial score (nSPS) is 31.7. The van der Waals surface area contributed by atoms with E-state index in [1.165, 1.54) is 22.9 Å². The Bertz CT molecular complexity index is 1430. The number of aromatic nitrogens is 2. The van der Waals surface area contributed by atoms with E-state index < -0.39 is 0 Å². The number of fused-ring (bicyclic) bond motifs is 2. The van der Waals surface area contributed by atoms with Crippen molar-refractivity contribution >= 4 is 23.2 Å². The number of ether oxygens (including phenoxy) is 1. The van der Waals surface area contributed by atoms with Crippen LogP contribution >= 0.6 is 11.6 Å². The predicted octanol–water partition coefficient (Wildman–Crippen LogP) is 7.38. The second-order valence-electron chi connectivity index (χ2n) is 12.3. The average molecular weight is 548 g/mol. The molecule has 1 aromatic heterocycles. The Morgan fingerprint density at radius 3 is 2.79 bits per heavy atom. The van der Waals surface area contributed by atoms with E-state index in [9.17, 15) is 4.79 Å². The van der Waals surface area contributed by atoms with E-state index in [0.29, 0.717) is 34.7 Å². The van der Waals surface area contributed by atoms with Crippen molar-refractivity contribution in [1.82, 2.24) is 9.78 Å². The van der Waals surface area contributed by atoms with E-state index in [0.717, 1.165) is 50.9 Å². The van der Waals surface area contributed by atoms with E-state index in [4.69, 9.17) is 21.4 Å². The van der Waals surface area contributed by atoms with Gasteiger partial charge in [0.25, 0.3) is 5.91 Å². The molecule has 0 radical (unpaired) electrons. The zero-order valence-corrected chi connectivity index (χ0v) is 23.3. The minimum atomic E-state index is -0.344. The van der Waals surface area contributed by atoms with Crippen molar-refractivity contribution in [2.45, 2.75) is 70.3 Å². The van der Waals surface area contributed by atoms with Crippen molar-refractivity contribution in [1.29, 1.82) is 0 Å². The summed E-state index contributed by atoms with van der Waals surface area (Å²) < 4.78 is 23.1. The molecule has 7 heteroatoms. The molecule has 2 fully saturated rings. The zero-order valence-electron chi connectivity index (χ0n) is 22.6. The van der Waals surface area contributed by atoms with Gasteiger partial charge >= 0.3 is 0 Å². The van der Waals surface area contributed by atoms with Crippen molar-refractivity contribution in [3.05, 3.63) is 81.4 Å². The van der Waals surface area contributed by atoms with Crippen LogP contribution in [0.15, 0.2) is 58.8 Å². The smallest absolute Gasteiger partial charge is 0.251 e. The van der Waals surface area contributed by atoms with Crippen LogP contribution < -0.4 is 5.32 Å². The molecule has 1 amide bonds. The molecule has 5 nitrogen and oxygen atoms in total. The second kappa shape index (κ2) is 9.45. The predicted molar refractivity (Wildman–Crippen MR) is 150 cm³/mol. The van der Waals surface area contributed by atoms with Gasteiger partial charge in [-0.2, -0.15) is 5.10 Å². The van der Waals surface area contributed by atoms with E-state index >= 15 is 4.39 Å². The maximum absolute atomic E-state index is 15.3. The average Bonchev–Trinajstić information content (AvgIpc) is 3.76. The first-order valence-corrected chi connectivity index (χ1v) is 14.8. The van der Waals surface area contributed by atoms with Crippen LogP contribution in [-0.2, 0) is 9.53 Å². The molecule has 5 aliphatic rings. The Labute approximate surface area is 234 Å². The van der Waals surface area contributed by atoms with Crippen LogP contribution in [0.5, 0.6) is 0 Å². The Morgan fingerprint density at radius 1 is 1.21 bits per heavy atom. The van der Waals surface area contributed by atoms with E-state index in [-0.39, 0.29) is 34.9 Å². The van der Waals surface area contributed by atoms with Crippen LogP contribution in [0.25, 0.3) is 0 Å². The highest BCUT2D eigenvalue weighted by molar-refractivity contribution is 6.30. The molecule has 2 heterocycles. The van der Waals surface area contributed by atoms with Crippen molar-refractivity contribution in [3.8, 4) is 0 Å². The Hall–Kier alpha value is -2.70. The third kappa shape index (κ3) is 4.22. The molecule has 0 bridgehead atoms. The number of benzene rings is 1. The first kappa shape index (κ1) is 25.3. The number of hydrogen-bond acceptors (Lipinski definition) is 3. The number of carbonyl (C=O) groups excluding carboxylic acids is 1. The highest BCUT2D eigenvalue weighted by Gasteiger charge is 2.61. The third-order valence-electron chi connectivity index (χ3n) is 9.92. The lowest BCUT2D eigenvalue weighted by atomic mass is 9.83.